The molecule has 0 fully saturated rings. The van der Waals surface area contributed by atoms with Crippen molar-refractivity contribution in [3.63, 3.8) is 0 Å². The molecular formula is C23H22ClNO5. The molecule has 0 radical (unpaired) electrons. The fraction of sp³-hybridized carbons (Fsp3) is 0.217. The molecule has 156 valence electrons. The third-order valence-electron chi connectivity index (χ3n) is 4.94. The lowest BCUT2D eigenvalue weighted by Crippen LogP contribution is -2.24. The van der Waals surface area contributed by atoms with Gasteiger partial charge in [0.15, 0.2) is 0 Å². The van der Waals surface area contributed by atoms with Crippen molar-refractivity contribution < 1.29 is 23.8 Å². The molecular weight excluding hydrogens is 406 g/mol. The average molecular weight is 428 g/mol. The number of methoxy groups -OCH3 is 3. The summed E-state index contributed by atoms with van der Waals surface area (Å²) in [6, 6.07) is 10.5. The first kappa shape index (κ1) is 21.5. The van der Waals surface area contributed by atoms with E-state index in [1.807, 2.05) is 13.0 Å². The predicted molar refractivity (Wildman–Crippen MR) is 116 cm³/mol. The topological polar surface area (TPSA) is 65.1 Å². The molecule has 0 unspecified atom stereocenters. The molecule has 0 aromatic heterocycles. The van der Waals surface area contributed by atoms with Gasteiger partial charge in [-0.2, -0.15) is 0 Å². The van der Waals surface area contributed by atoms with Crippen LogP contribution in [0.4, 0.5) is 5.69 Å². The molecule has 1 aliphatic heterocycles. The molecule has 1 heterocycles. The van der Waals surface area contributed by atoms with Crippen molar-refractivity contribution in [3.8, 4) is 11.5 Å². The zero-order valence-electron chi connectivity index (χ0n) is 17.4. The van der Waals surface area contributed by atoms with Crippen molar-refractivity contribution in [2.45, 2.75) is 13.8 Å². The van der Waals surface area contributed by atoms with Crippen LogP contribution in [0.2, 0.25) is 5.02 Å². The van der Waals surface area contributed by atoms with Crippen LogP contribution in [0.5, 0.6) is 11.5 Å². The minimum absolute atomic E-state index is 0.192. The molecule has 0 atom stereocenters. The standard InChI is InChI=1S/C23H22ClNO5/c1-13-6-8-16(11-19(13)24)25-14(2)21(23(27)30-5)18(22(25)26)10-15-7-9-17(28-3)12-20(15)29-4/h6-12H,1-5H3/b18-10-. The average Bonchev–Trinajstić information content (AvgIpc) is 2.99. The van der Waals surface area contributed by atoms with E-state index in [4.69, 9.17) is 25.8 Å². The molecule has 0 aliphatic carbocycles. The van der Waals surface area contributed by atoms with Crippen molar-refractivity contribution in [2.75, 3.05) is 26.2 Å². The number of allylic oxidation sites excluding steroid dienone is 1. The summed E-state index contributed by atoms with van der Waals surface area (Å²) >= 11 is 6.26. The molecule has 0 bridgehead atoms. The van der Waals surface area contributed by atoms with Gasteiger partial charge in [-0.3, -0.25) is 9.69 Å². The van der Waals surface area contributed by atoms with Crippen LogP contribution in [0.1, 0.15) is 18.1 Å². The summed E-state index contributed by atoms with van der Waals surface area (Å²) in [5.74, 6) is 0.168. The molecule has 3 rings (SSSR count). The van der Waals surface area contributed by atoms with Gasteiger partial charge >= 0.3 is 5.97 Å². The number of hydrogen-bond acceptors (Lipinski definition) is 5. The SMILES string of the molecule is COC(=O)C1=C(C)N(c2ccc(C)c(Cl)c2)C(=O)/C1=C\c1ccc(OC)cc1OC. The second-order valence-corrected chi connectivity index (χ2v) is 7.10. The first-order valence-corrected chi connectivity index (χ1v) is 9.54. The number of halogens is 1. The van der Waals surface area contributed by atoms with Crippen molar-refractivity contribution in [1.29, 1.82) is 0 Å². The quantitative estimate of drug-likeness (QED) is 0.517. The van der Waals surface area contributed by atoms with E-state index in [1.54, 1.807) is 50.4 Å². The van der Waals surface area contributed by atoms with Gasteiger partial charge < -0.3 is 14.2 Å². The largest absolute Gasteiger partial charge is 0.497 e. The van der Waals surface area contributed by atoms with E-state index in [9.17, 15) is 9.59 Å². The van der Waals surface area contributed by atoms with E-state index in [0.29, 0.717) is 33.5 Å². The fourth-order valence-corrected chi connectivity index (χ4v) is 3.48. The first-order chi connectivity index (χ1) is 14.3. The van der Waals surface area contributed by atoms with E-state index < -0.39 is 5.97 Å². The van der Waals surface area contributed by atoms with E-state index in [2.05, 4.69) is 0 Å². The number of carbonyl (C=O) groups is 2. The van der Waals surface area contributed by atoms with E-state index in [1.165, 1.54) is 19.1 Å². The van der Waals surface area contributed by atoms with Crippen molar-refractivity contribution in [3.05, 3.63) is 69.4 Å². The van der Waals surface area contributed by atoms with Gasteiger partial charge in [0.05, 0.1) is 38.2 Å². The summed E-state index contributed by atoms with van der Waals surface area (Å²) < 4.78 is 15.6. The van der Waals surface area contributed by atoms with Gasteiger partial charge in [0, 0.05) is 22.3 Å². The summed E-state index contributed by atoms with van der Waals surface area (Å²) in [4.78, 5) is 27.4. The van der Waals surface area contributed by atoms with Gasteiger partial charge in [-0.25, -0.2) is 4.79 Å². The van der Waals surface area contributed by atoms with Gasteiger partial charge in [-0.15, -0.1) is 0 Å². The number of hydrogen-bond donors (Lipinski definition) is 0. The summed E-state index contributed by atoms with van der Waals surface area (Å²) in [6.07, 6.45) is 1.62. The molecule has 0 saturated carbocycles. The molecule has 6 nitrogen and oxygen atoms in total. The molecule has 2 aromatic rings. The number of benzene rings is 2. The molecule has 1 aliphatic rings. The lowest BCUT2D eigenvalue weighted by molar-refractivity contribution is -0.136. The van der Waals surface area contributed by atoms with Gasteiger partial charge in [-0.1, -0.05) is 17.7 Å². The minimum atomic E-state index is -0.597. The Bertz CT molecular complexity index is 1090. The predicted octanol–water partition coefficient (Wildman–Crippen LogP) is 4.54. The number of ether oxygens (including phenoxy) is 3. The van der Waals surface area contributed by atoms with Crippen LogP contribution in [-0.2, 0) is 14.3 Å². The number of carbonyl (C=O) groups excluding carboxylic acids is 2. The lowest BCUT2D eigenvalue weighted by Gasteiger charge is -2.18. The Morgan fingerprint density at radius 2 is 1.77 bits per heavy atom. The molecule has 0 spiro atoms. The van der Waals surface area contributed by atoms with Gasteiger partial charge in [0.1, 0.15) is 11.5 Å². The van der Waals surface area contributed by atoms with E-state index in [-0.39, 0.29) is 17.1 Å². The third kappa shape index (κ3) is 3.78. The summed E-state index contributed by atoms with van der Waals surface area (Å²) in [5.41, 5.74) is 2.95. The van der Waals surface area contributed by atoms with Crippen molar-refractivity contribution >= 4 is 35.2 Å². The zero-order valence-corrected chi connectivity index (χ0v) is 18.2. The number of amides is 1. The number of nitrogens with zero attached hydrogens (tertiary/aromatic N) is 1. The summed E-state index contributed by atoms with van der Waals surface area (Å²) in [5, 5.41) is 0.530. The fourth-order valence-electron chi connectivity index (χ4n) is 3.30. The second-order valence-electron chi connectivity index (χ2n) is 6.69. The Hall–Kier alpha value is -3.25. The zero-order chi connectivity index (χ0) is 22.0. The van der Waals surface area contributed by atoms with Crippen LogP contribution >= 0.6 is 11.6 Å². The monoisotopic (exact) mass is 427 g/mol. The van der Waals surface area contributed by atoms with Crippen molar-refractivity contribution in [1.82, 2.24) is 0 Å². The number of anilines is 1. The smallest absolute Gasteiger partial charge is 0.340 e. The van der Waals surface area contributed by atoms with Crippen LogP contribution in [0.15, 0.2) is 53.2 Å². The van der Waals surface area contributed by atoms with Crippen LogP contribution in [-0.4, -0.2) is 33.2 Å². The van der Waals surface area contributed by atoms with Crippen LogP contribution in [0.25, 0.3) is 6.08 Å². The van der Waals surface area contributed by atoms with Gasteiger partial charge in [-0.05, 0) is 49.8 Å². The van der Waals surface area contributed by atoms with E-state index in [0.717, 1.165) is 5.56 Å². The summed E-state index contributed by atoms with van der Waals surface area (Å²) in [6.45, 7) is 3.58. The lowest BCUT2D eigenvalue weighted by atomic mass is 10.0. The second kappa shape index (κ2) is 8.63. The molecule has 30 heavy (non-hydrogen) atoms. The number of rotatable bonds is 5. The van der Waals surface area contributed by atoms with E-state index >= 15 is 0 Å². The normalized spacial score (nSPS) is 15.1. The Labute approximate surface area is 180 Å². The molecule has 7 heteroatoms. The van der Waals surface area contributed by atoms with Crippen LogP contribution < -0.4 is 14.4 Å². The molecule has 0 N–H and O–H groups in total. The minimum Gasteiger partial charge on any atom is -0.497 e. The Morgan fingerprint density at radius 3 is 2.37 bits per heavy atom. The van der Waals surface area contributed by atoms with Crippen molar-refractivity contribution in [2.24, 2.45) is 0 Å². The molecule has 2 aromatic carbocycles. The maximum absolute atomic E-state index is 13.4. The third-order valence-corrected chi connectivity index (χ3v) is 5.35. The highest BCUT2D eigenvalue weighted by Gasteiger charge is 2.38. The maximum atomic E-state index is 13.4. The number of esters is 1. The number of aryl methyl sites for hydroxylation is 1. The molecule has 1 amide bonds. The Morgan fingerprint density at radius 1 is 1.03 bits per heavy atom. The highest BCUT2D eigenvalue weighted by Crippen LogP contribution is 2.38. The Balaban J connectivity index is 2.17. The molecule has 0 saturated heterocycles. The van der Waals surface area contributed by atoms with Crippen LogP contribution in [0, 0.1) is 6.92 Å². The highest BCUT2D eigenvalue weighted by atomic mass is 35.5. The van der Waals surface area contributed by atoms with Crippen LogP contribution in [0.3, 0.4) is 0 Å². The van der Waals surface area contributed by atoms with Gasteiger partial charge in [0.25, 0.3) is 5.91 Å². The maximum Gasteiger partial charge on any atom is 0.340 e. The first-order valence-electron chi connectivity index (χ1n) is 9.16. The highest BCUT2D eigenvalue weighted by molar-refractivity contribution is 6.32. The van der Waals surface area contributed by atoms with Gasteiger partial charge in [0.2, 0.25) is 0 Å². The Kier molecular flexibility index (Phi) is 6.17. The summed E-state index contributed by atoms with van der Waals surface area (Å²) in [7, 11) is 4.36.